The number of aromatic nitrogens is 5. The molecule has 0 spiro atoms. The zero-order valence-electron chi connectivity index (χ0n) is 49.2. The molecule has 3 aliphatic rings. The Hall–Kier alpha value is -11.6. The number of rotatable bonds is 5. The Kier molecular flexibility index (Phi) is 12.3. The van der Waals surface area contributed by atoms with E-state index in [4.69, 9.17) is 21.6 Å². The molecule has 17 aromatic rings. The normalized spacial score (nSPS) is 12.4. The molecule has 20 rings (SSSR count). The third kappa shape index (κ3) is 8.61. The molecule has 0 saturated heterocycles. The number of allylic oxidation sites excluding steroid dienone is 1. The Morgan fingerprint density at radius 1 is 0.297 bits per heavy atom. The predicted molar refractivity (Wildman–Crippen MR) is 380 cm³/mol. The molecule has 0 fully saturated rings. The average molecular weight is 1180 g/mol. The molecule has 14 aromatic carbocycles. The van der Waals surface area contributed by atoms with Gasteiger partial charge in [0.1, 0.15) is 0 Å². The first-order chi connectivity index (χ1) is 45.1. The average Bonchev–Trinajstić information content (AvgIpc) is 1.57. The summed E-state index contributed by atoms with van der Waals surface area (Å²) in [6.07, 6.45) is 1.08. The van der Waals surface area contributed by atoms with Crippen LogP contribution in [0.4, 0.5) is 0 Å². The predicted octanol–water partition coefficient (Wildman–Crippen LogP) is 22.3. The fraction of sp³-hybridized carbons (Fsp3) is 0.0118. The van der Waals surface area contributed by atoms with Crippen molar-refractivity contribution in [2.24, 2.45) is 0 Å². The molecule has 0 amide bonds. The Labute approximate surface area is 530 Å². The molecule has 0 N–H and O–H groups in total. The monoisotopic (exact) mass is 1180 g/mol. The molecule has 6 heteroatoms. The molecule has 3 heterocycles. The van der Waals surface area contributed by atoms with Gasteiger partial charge in [-0.05, 0) is 130 Å². The van der Waals surface area contributed by atoms with E-state index in [0.717, 1.165) is 78.1 Å². The summed E-state index contributed by atoms with van der Waals surface area (Å²) in [7, 11) is 0. The molecule has 0 unspecified atom stereocenters. The fourth-order valence-electron chi connectivity index (χ4n) is 14.6. The smallest absolute Gasteiger partial charge is 0.235 e. The van der Waals surface area contributed by atoms with Gasteiger partial charge in [0.25, 0.3) is 0 Å². The number of benzene rings is 14. The minimum Gasteiger partial charge on any atom is -0.277 e. The van der Waals surface area contributed by atoms with Crippen LogP contribution in [-0.4, -0.2) is 24.5 Å². The van der Waals surface area contributed by atoms with Crippen molar-refractivity contribution >= 4 is 98.5 Å². The number of hydrogen-bond acceptors (Lipinski definition) is 4. The second kappa shape index (κ2) is 21.3. The molecule has 3 aliphatic carbocycles. The van der Waals surface area contributed by atoms with E-state index in [1.54, 1.807) is 0 Å². The topological polar surface area (TPSA) is 56.5 Å². The van der Waals surface area contributed by atoms with E-state index in [1.165, 1.54) is 105 Å². The van der Waals surface area contributed by atoms with Crippen molar-refractivity contribution in [1.29, 1.82) is 0 Å². The van der Waals surface area contributed by atoms with Gasteiger partial charge < -0.3 is 0 Å². The highest BCUT2D eigenvalue weighted by molar-refractivity contribution is 6.29. The van der Waals surface area contributed by atoms with Crippen molar-refractivity contribution in [3.63, 3.8) is 0 Å². The lowest BCUT2D eigenvalue weighted by Crippen LogP contribution is -2.05. The summed E-state index contributed by atoms with van der Waals surface area (Å²) in [6, 6.07) is 107. The van der Waals surface area contributed by atoms with Crippen molar-refractivity contribution in [1.82, 2.24) is 24.5 Å². The second-order valence-corrected chi connectivity index (χ2v) is 24.0. The molecular formula is C85H52ClN5. The lowest BCUT2D eigenvalue weighted by Gasteiger charge is -2.15. The summed E-state index contributed by atoms with van der Waals surface area (Å²) in [6.45, 7) is 0. The van der Waals surface area contributed by atoms with Crippen LogP contribution in [0.15, 0.2) is 303 Å². The first-order valence-electron chi connectivity index (χ1n) is 30.9. The van der Waals surface area contributed by atoms with Crippen LogP contribution in [0.2, 0.25) is 5.28 Å². The molecule has 3 aromatic heterocycles. The highest BCUT2D eigenvalue weighted by Gasteiger charge is 2.32. The third-order valence-corrected chi connectivity index (χ3v) is 18.8. The minimum absolute atomic E-state index is 0.265. The zero-order valence-corrected chi connectivity index (χ0v) is 49.9. The number of nitrogens with zero attached hydrogens (tertiary/aromatic N) is 5. The number of halogens is 1. The Morgan fingerprint density at radius 3 is 1.37 bits per heavy atom. The van der Waals surface area contributed by atoms with Gasteiger partial charge in [-0.3, -0.25) is 4.57 Å². The molecule has 0 saturated carbocycles. The highest BCUT2D eigenvalue weighted by atomic mass is 35.5. The van der Waals surface area contributed by atoms with Crippen molar-refractivity contribution in [2.75, 3.05) is 0 Å². The molecule has 91 heavy (non-hydrogen) atoms. The van der Waals surface area contributed by atoms with Crippen LogP contribution in [0.1, 0.15) is 22.3 Å². The number of para-hydroxylation sites is 1. The molecule has 5 nitrogen and oxygen atoms in total. The van der Waals surface area contributed by atoms with Gasteiger partial charge in [0.15, 0.2) is 0 Å². The van der Waals surface area contributed by atoms with Crippen LogP contribution >= 0.6 is 11.6 Å². The van der Waals surface area contributed by atoms with Crippen molar-refractivity contribution in [3.8, 4) is 73.1 Å². The maximum atomic E-state index is 6.28. The van der Waals surface area contributed by atoms with E-state index in [2.05, 4.69) is 288 Å². The van der Waals surface area contributed by atoms with Crippen LogP contribution in [0.25, 0.3) is 160 Å². The summed E-state index contributed by atoms with van der Waals surface area (Å²) in [4.78, 5) is 19.9. The molecule has 0 bridgehead atoms. The molecular weight excluding hydrogens is 1130 g/mol. The first-order valence-corrected chi connectivity index (χ1v) is 31.3. The minimum atomic E-state index is 0.265. The van der Waals surface area contributed by atoms with E-state index in [0.29, 0.717) is 5.95 Å². The Morgan fingerprint density at radius 2 is 0.747 bits per heavy atom. The van der Waals surface area contributed by atoms with Gasteiger partial charge in [-0.15, -0.1) is 0 Å². The van der Waals surface area contributed by atoms with Gasteiger partial charge in [0.05, 0.1) is 33.6 Å². The second-order valence-electron chi connectivity index (χ2n) is 23.6. The van der Waals surface area contributed by atoms with Crippen molar-refractivity contribution < 1.29 is 0 Å². The molecule has 0 radical (unpaired) electrons. The van der Waals surface area contributed by atoms with Gasteiger partial charge >= 0.3 is 0 Å². The van der Waals surface area contributed by atoms with Crippen LogP contribution in [0.3, 0.4) is 0 Å². The number of hydrogen-bond donors (Lipinski definition) is 0. The Balaban J connectivity index is 0.000000112. The van der Waals surface area contributed by atoms with Crippen molar-refractivity contribution in [2.45, 2.75) is 6.42 Å². The zero-order chi connectivity index (χ0) is 60.1. The van der Waals surface area contributed by atoms with Crippen molar-refractivity contribution in [3.05, 3.63) is 331 Å². The lowest BCUT2D eigenvalue weighted by atomic mass is 9.96. The highest BCUT2D eigenvalue weighted by Crippen LogP contribution is 2.54. The van der Waals surface area contributed by atoms with Crippen LogP contribution < -0.4 is 0 Å². The van der Waals surface area contributed by atoms with Gasteiger partial charge in [-0.1, -0.05) is 285 Å². The van der Waals surface area contributed by atoms with Crippen LogP contribution in [0, 0.1) is 0 Å². The van der Waals surface area contributed by atoms with Gasteiger partial charge in [-0.2, -0.15) is 0 Å². The maximum Gasteiger partial charge on any atom is 0.235 e. The van der Waals surface area contributed by atoms with E-state index in [9.17, 15) is 0 Å². The third-order valence-electron chi connectivity index (χ3n) is 18.6. The van der Waals surface area contributed by atoms with E-state index >= 15 is 0 Å². The summed E-state index contributed by atoms with van der Waals surface area (Å²) < 4.78 is 2.29. The van der Waals surface area contributed by atoms with E-state index in [-0.39, 0.29) is 5.28 Å². The lowest BCUT2D eigenvalue weighted by molar-refractivity contribution is 0.994. The van der Waals surface area contributed by atoms with Crippen LogP contribution in [0.5, 0.6) is 0 Å². The molecule has 0 aliphatic heterocycles. The summed E-state index contributed by atoms with van der Waals surface area (Å²) >= 11 is 6.28. The van der Waals surface area contributed by atoms with Gasteiger partial charge in [-0.25, -0.2) is 19.9 Å². The molecule has 0 atom stereocenters. The van der Waals surface area contributed by atoms with Crippen LogP contribution in [-0.2, 0) is 6.42 Å². The largest absolute Gasteiger partial charge is 0.277 e. The summed E-state index contributed by atoms with van der Waals surface area (Å²) in [5.74, 6) is 0.684. The summed E-state index contributed by atoms with van der Waals surface area (Å²) in [5.41, 5.74) is 25.3. The first kappa shape index (κ1) is 52.5. The van der Waals surface area contributed by atoms with E-state index in [1.807, 2.05) is 30.3 Å². The quantitative estimate of drug-likeness (QED) is 0.127. The molecule has 424 valence electrons. The van der Waals surface area contributed by atoms with E-state index < -0.39 is 0 Å². The van der Waals surface area contributed by atoms with Gasteiger partial charge in [0.2, 0.25) is 11.2 Å². The SMILES string of the molecule is Clc1nc(-c2ccc(-c3ccccc3)cc2)c2ccc3ccccc3c2n1.c1ccc(-c2ccc(-c3nc(-n4c5c(c6ccccc64)-c4cccc6cccc-5c46)nc4c3ccc3ccccc34)cc2)cc1.c1ccc2c(c1)CC1=C2c2cccc3cccc1c23. The standard InChI is InChI=1S/C42H25N3.C24H15ClN2.C19H12/c1-2-10-26(11-3-1)27-20-22-30(23-21-27)39-35-25-24-28-12-4-5-15-31(28)40(35)44-42(43-39)45-36-19-7-6-16-32(36)38-33-17-8-13-29-14-9-18-34(37(29)33)41(38)45;25-24-26-22(19-12-10-17(11-13-19)16-6-2-1-3-7-16)21-15-14-18-8-4-5-9-20(18)23(21)27-24;1-2-8-14-13(5-1)11-17-15-9-3-6-12-7-4-10-16(18(12)15)19(14)17/h1-25H;1-15H;1-10H,11H2. The number of fused-ring (bicyclic) bond motifs is 15. The van der Waals surface area contributed by atoms with Gasteiger partial charge in [0, 0.05) is 49.2 Å². The maximum absolute atomic E-state index is 6.28. The fourth-order valence-corrected chi connectivity index (χ4v) is 14.7. The summed E-state index contributed by atoms with van der Waals surface area (Å²) in [5, 5.41) is 13.4. The Bertz CT molecular complexity index is 5840.